The molecule has 0 saturated carbocycles. The Morgan fingerprint density at radius 3 is 2.95 bits per heavy atom. The fourth-order valence-corrected chi connectivity index (χ4v) is 2.82. The zero-order chi connectivity index (χ0) is 13.9. The van der Waals surface area contributed by atoms with Gasteiger partial charge in [0.15, 0.2) is 0 Å². The Balaban J connectivity index is 1.74. The predicted molar refractivity (Wildman–Crippen MR) is 79.5 cm³/mol. The zero-order valence-corrected chi connectivity index (χ0v) is 11.5. The van der Waals surface area contributed by atoms with Crippen molar-refractivity contribution >= 4 is 29.0 Å². The topological polar surface area (TPSA) is 41.1 Å². The van der Waals surface area contributed by atoms with Crippen LogP contribution in [0, 0.1) is 5.82 Å². The van der Waals surface area contributed by atoms with Crippen LogP contribution >= 0.6 is 11.8 Å². The molecule has 0 radical (unpaired) electrons. The number of thioether (sulfide) groups is 1. The summed E-state index contributed by atoms with van der Waals surface area (Å²) in [5, 5.41) is 6.00. The van der Waals surface area contributed by atoms with Crippen LogP contribution in [0.5, 0.6) is 0 Å². The van der Waals surface area contributed by atoms with Gasteiger partial charge in [0.25, 0.3) is 0 Å². The molecule has 0 fully saturated rings. The van der Waals surface area contributed by atoms with Gasteiger partial charge in [-0.15, -0.1) is 11.8 Å². The number of rotatable bonds is 3. The summed E-state index contributed by atoms with van der Waals surface area (Å²) >= 11 is 1.52. The lowest BCUT2D eigenvalue weighted by molar-refractivity contribution is -0.113. The summed E-state index contributed by atoms with van der Waals surface area (Å²) in [6, 6.07) is 12.4. The van der Waals surface area contributed by atoms with Crippen molar-refractivity contribution in [3.63, 3.8) is 0 Å². The van der Waals surface area contributed by atoms with E-state index in [-0.39, 0.29) is 11.7 Å². The standard InChI is InChI=1S/C15H13FN2OS/c16-12-4-2-1-3-10(12)8-17-11-5-6-14-13(7-11)18-15(19)9-20-14/h1-7,17H,8-9H2,(H,18,19). The Labute approximate surface area is 120 Å². The van der Waals surface area contributed by atoms with Gasteiger partial charge in [0.05, 0.1) is 11.4 Å². The van der Waals surface area contributed by atoms with E-state index in [2.05, 4.69) is 10.6 Å². The highest BCUT2D eigenvalue weighted by Gasteiger charge is 2.15. The summed E-state index contributed by atoms with van der Waals surface area (Å²) in [5.41, 5.74) is 2.28. The lowest BCUT2D eigenvalue weighted by Crippen LogP contribution is -2.18. The molecule has 1 aliphatic heterocycles. The first-order valence-corrected chi connectivity index (χ1v) is 7.25. The maximum Gasteiger partial charge on any atom is 0.234 e. The highest BCUT2D eigenvalue weighted by molar-refractivity contribution is 8.00. The molecule has 1 heterocycles. The van der Waals surface area contributed by atoms with Crippen LogP contribution in [0.2, 0.25) is 0 Å². The van der Waals surface area contributed by atoms with E-state index in [0.29, 0.717) is 17.9 Å². The molecule has 0 aliphatic carbocycles. The van der Waals surface area contributed by atoms with E-state index in [9.17, 15) is 9.18 Å². The van der Waals surface area contributed by atoms with Crippen molar-refractivity contribution in [3.05, 3.63) is 53.8 Å². The third kappa shape index (κ3) is 2.77. The summed E-state index contributed by atoms with van der Waals surface area (Å²) in [6.07, 6.45) is 0. The summed E-state index contributed by atoms with van der Waals surface area (Å²) in [4.78, 5) is 12.4. The minimum atomic E-state index is -0.221. The first-order valence-electron chi connectivity index (χ1n) is 6.26. The predicted octanol–water partition coefficient (Wildman–Crippen LogP) is 3.48. The number of amides is 1. The maximum atomic E-state index is 13.5. The van der Waals surface area contributed by atoms with E-state index < -0.39 is 0 Å². The fraction of sp³-hybridized carbons (Fsp3) is 0.133. The number of benzene rings is 2. The van der Waals surface area contributed by atoms with Crippen LogP contribution in [0.25, 0.3) is 0 Å². The number of nitrogens with one attached hydrogen (secondary N) is 2. The van der Waals surface area contributed by atoms with Gasteiger partial charge in [-0.1, -0.05) is 18.2 Å². The van der Waals surface area contributed by atoms with E-state index in [0.717, 1.165) is 16.3 Å². The van der Waals surface area contributed by atoms with E-state index in [1.807, 2.05) is 24.3 Å². The Morgan fingerprint density at radius 1 is 1.25 bits per heavy atom. The number of hydrogen-bond donors (Lipinski definition) is 2. The molecule has 2 aromatic rings. The SMILES string of the molecule is O=C1CSc2ccc(NCc3ccccc3F)cc2N1. The van der Waals surface area contributed by atoms with Crippen LogP contribution in [0.3, 0.4) is 0 Å². The highest BCUT2D eigenvalue weighted by atomic mass is 32.2. The lowest BCUT2D eigenvalue weighted by Gasteiger charge is -2.17. The van der Waals surface area contributed by atoms with Crippen molar-refractivity contribution < 1.29 is 9.18 Å². The Kier molecular flexibility index (Phi) is 3.60. The van der Waals surface area contributed by atoms with Crippen LogP contribution in [0.15, 0.2) is 47.4 Å². The first kappa shape index (κ1) is 13.0. The van der Waals surface area contributed by atoms with E-state index >= 15 is 0 Å². The number of halogens is 1. The maximum absolute atomic E-state index is 13.5. The van der Waals surface area contributed by atoms with Crippen molar-refractivity contribution in [2.45, 2.75) is 11.4 Å². The smallest absolute Gasteiger partial charge is 0.234 e. The van der Waals surface area contributed by atoms with Crippen molar-refractivity contribution in [1.29, 1.82) is 0 Å². The molecule has 3 rings (SSSR count). The van der Waals surface area contributed by atoms with Crippen molar-refractivity contribution in [3.8, 4) is 0 Å². The highest BCUT2D eigenvalue weighted by Crippen LogP contribution is 2.33. The molecule has 102 valence electrons. The minimum Gasteiger partial charge on any atom is -0.381 e. The Morgan fingerprint density at radius 2 is 2.10 bits per heavy atom. The van der Waals surface area contributed by atoms with Crippen LogP contribution in [0.1, 0.15) is 5.56 Å². The number of carbonyl (C=O) groups excluding carboxylic acids is 1. The fourth-order valence-electron chi connectivity index (χ4n) is 2.03. The second kappa shape index (κ2) is 5.54. The number of anilines is 2. The van der Waals surface area contributed by atoms with Crippen LogP contribution < -0.4 is 10.6 Å². The number of hydrogen-bond acceptors (Lipinski definition) is 3. The van der Waals surface area contributed by atoms with Gasteiger partial charge in [0.2, 0.25) is 5.91 Å². The van der Waals surface area contributed by atoms with Gasteiger partial charge < -0.3 is 10.6 Å². The summed E-state index contributed by atoms with van der Waals surface area (Å²) in [7, 11) is 0. The monoisotopic (exact) mass is 288 g/mol. The van der Waals surface area contributed by atoms with E-state index in [1.54, 1.807) is 12.1 Å². The summed E-state index contributed by atoms with van der Waals surface area (Å²) in [5.74, 6) is 0.241. The molecule has 1 aliphatic rings. The molecule has 2 aromatic carbocycles. The number of carbonyl (C=O) groups is 1. The van der Waals surface area contributed by atoms with Gasteiger partial charge in [0.1, 0.15) is 5.82 Å². The van der Waals surface area contributed by atoms with E-state index in [4.69, 9.17) is 0 Å². The van der Waals surface area contributed by atoms with Gasteiger partial charge in [-0.3, -0.25) is 4.79 Å². The lowest BCUT2D eigenvalue weighted by atomic mass is 10.2. The molecule has 2 N–H and O–H groups in total. The largest absolute Gasteiger partial charge is 0.381 e. The average Bonchev–Trinajstić information content (AvgIpc) is 2.46. The van der Waals surface area contributed by atoms with Gasteiger partial charge in [-0.05, 0) is 24.3 Å². The first-order chi connectivity index (χ1) is 9.72. The van der Waals surface area contributed by atoms with Gasteiger partial charge in [-0.25, -0.2) is 4.39 Å². The summed E-state index contributed by atoms with van der Waals surface area (Å²) in [6.45, 7) is 0.409. The third-order valence-electron chi connectivity index (χ3n) is 3.05. The van der Waals surface area contributed by atoms with Gasteiger partial charge in [-0.2, -0.15) is 0 Å². The molecule has 0 bridgehead atoms. The van der Waals surface area contributed by atoms with E-state index in [1.165, 1.54) is 17.8 Å². The molecular formula is C15H13FN2OS. The molecule has 0 unspecified atom stereocenters. The zero-order valence-electron chi connectivity index (χ0n) is 10.7. The Hall–Kier alpha value is -2.01. The van der Waals surface area contributed by atoms with Crippen molar-refractivity contribution in [2.24, 2.45) is 0 Å². The molecule has 1 amide bonds. The second-order valence-corrected chi connectivity index (χ2v) is 5.51. The second-order valence-electron chi connectivity index (χ2n) is 4.49. The molecule has 20 heavy (non-hydrogen) atoms. The van der Waals surface area contributed by atoms with Crippen LogP contribution in [-0.2, 0) is 11.3 Å². The summed E-state index contributed by atoms with van der Waals surface area (Å²) < 4.78 is 13.5. The van der Waals surface area contributed by atoms with Crippen LogP contribution in [0.4, 0.5) is 15.8 Å². The molecule has 0 aromatic heterocycles. The molecule has 3 nitrogen and oxygen atoms in total. The molecule has 5 heteroatoms. The molecule has 0 atom stereocenters. The van der Waals surface area contributed by atoms with Crippen LogP contribution in [-0.4, -0.2) is 11.7 Å². The quantitative estimate of drug-likeness (QED) is 0.908. The van der Waals surface area contributed by atoms with Crippen molar-refractivity contribution in [2.75, 3.05) is 16.4 Å². The normalized spacial score (nSPS) is 13.6. The van der Waals surface area contributed by atoms with Gasteiger partial charge >= 0.3 is 0 Å². The molecule has 0 spiro atoms. The Bertz CT molecular complexity index is 660. The minimum absolute atomic E-state index is 0.00811. The number of fused-ring (bicyclic) bond motifs is 1. The molecular weight excluding hydrogens is 275 g/mol. The third-order valence-corrected chi connectivity index (χ3v) is 4.13. The average molecular weight is 288 g/mol. The van der Waals surface area contributed by atoms with Crippen molar-refractivity contribution in [1.82, 2.24) is 0 Å². The van der Waals surface area contributed by atoms with Gasteiger partial charge in [0, 0.05) is 22.7 Å². The molecule has 0 saturated heterocycles.